The van der Waals surface area contributed by atoms with E-state index < -0.39 is 0 Å². The molecule has 0 rings (SSSR count). The van der Waals surface area contributed by atoms with Gasteiger partial charge in [0.15, 0.2) is 0 Å². The Hall–Kier alpha value is -0.970. The van der Waals surface area contributed by atoms with Crippen molar-refractivity contribution >= 4 is 5.97 Å². The largest absolute Gasteiger partial charge is 0.466 e. The number of terminal acetylenes is 1. The highest BCUT2D eigenvalue weighted by atomic mass is 16.5. The van der Waals surface area contributed by atoms with Crippen molar-refractivity contribution in [3.8, 4) is 12.3 Å². The molecule has 0 bridgehead atoms. The first-order valence-corrected chi connectivity index (χ1v) is 3.90. The average molecular weight is 154 g/mol. The third kappa shape index (κ3) is 6.92. The van der Waals surface area contributed by atoms with Gasteiger partial charge < -0.3 is 4.74 Å². The van der Waals surface area contributed by atoms with E-state index >= 15 is 0 Å². The third-order valence-corrected chi connectivity index (χ3v) is 1.26. The van der Waals surface area contributed by atoms with Crippen molar-refractivity contribution in [2.45, 2.75) is 32.6 Å². The van der Waals surface area contributed by atoms with Gasteiger partial charge in [-0.15, -0.1) is 12.3 Å². The Morgan fingerprint density at radius 3 is 2.82 bits per heavy atom. The second-order valence-corrected chi connectivity index (χ2v) is 2.22. The molecular weight excluding hydrogens is 140 g/mol. The first-order valence-electron chi connectivity index (χ1n) is 3.90. The van der Waals surface area contributed by atoms with Gasteiger partial charge in [-0.3, -0.25) is 4.79 Å². The molecule has 0 aromatic rings. The quantitative estimate of drug-likeness (QED) is 0.342. The second-order valence-electron chi connectivity index (χ2n) is 2.22. The summed E-state index contributed by atoms with van der Waals surface area (Å²) >= 11 is 0. The SMILES string of the molecule is C#CCCCCC(=O)OCC. The monoisotopic (exact) mass is 154 g/mol. The van der Waals surface area contributed by atoms with E-state index in [1.807, 2.05) is 0 Å². The molecule has 0 N–H and O–H groups in total. The highest BCUT2D eigenvalue weighted by Gasteiger charge is 1.98. The second kappa shape index (κ2) is 7.14. The van der Waals surface area contributed by atoms with Crippen molar-refractivity contribution in [3.05, 3.63) is 0 Å². The van der Waals surface area contributed by atoms with E-state index in [1.165, 1.54) is 0 Å². The Morgan fingerprint density at radius 1 is 1.55 bits per heavy atom. The first-order chi connectivity index (χ1) is 5.31. The zero-order valence-corrected chi connectivity index (χ0v) is 6.93. The molecule has 2 nitrogen and oxygen atoms in total. The smallest absolute Gasteiger partial charge is 0.305 e. The molecule has 0 fully saturated rings. The maximum atomic E-state index is 10.7. The van der Waals surface area contributed by atoms with Crippen molar-refractivity contribution in [2.75, 3.05) is 6.61 Å². The zero-order valence-electron chi connectivity index (χ0n) is 6.93. The van der Waals surface area contributed by atoms with Crippen LogP contribution in [0.4, 0.5) is 0 Å². The number of ether oxygens (including phenoxy) is 1. The van der Waals surface area contributed by atoms with Gasteiger partial charge >= 0.3 is 5.97 Å². The van der Waals surface area contributed by atoms with Gasteiger partial charge in [-0.1, -0.05) is 0 Å². The van der Waals surface area contributed by atoms with E-state index in [1.54, 1.807) is 6.92 Å². The molecule has 0 amide bonds. The fraction of sp³-hybridized carbons (Fsp3) is 0.667. The van der Waals surface area contributed by atoms with Gasteiger partial charge in [-0.25, -0.2) is 0 Å². The van der Waals surface area contributed by atoms with Crippen LogP contribution in [0.3, 0.4) is 0 Å². The van der Waals surface area contributed by atoms with Crippen LogP contribution in [-0.2, 0) is 9.53 Å². The molecule has 2 heteroatoms. The standard InChI is InChI=1S/C9H14O2/c1-3-5-6-7-8-9(10)11-4-2/h1H,4-8H2,2H3. The highest BCUT2D eigenvalue weighted by molar-refractivity contribution is 5.69. The lowest BCUT2D eigenvalue weighted by Gasteiger charge is -1.99. The first kappa shape index (κ1) is 10.0. The summed E-state index contributed by atoms with van der Waals surface area (Å²) < 4.78 is 4.73. The molecule has 11 heavy (non-hydrogen) atoms. The van der Waals surface area contributed by atoms with Crippen LogP contribution >= 0.6 is 0 Å². The fourth-order valence-corrected chi connectivity index (χ4v) is 0.730. The molecule has 0 aromatic heterocycles. The predicted molar refractivity (Wildman–Crippen MR) is 43.9 cm³/mol. The summed E-state index contributed by atoms with van der Waals surface area (Å²) in [5.74, 6) is 2.40. The lowest BCUT2D eigenvalue weighted by Crippen LogP contribution is -2.02. The Morgan fingerprint density at radius 2 is 2.27 bits per heavy atom. The number of hydrogen-bond acceptors (Lipinski definition) is 2. The van der Waals surface area contributed by atoms with Gasteiger partial charge in [-0.05, 0) is 19.8 Å². The molecule has 0 saturated heterocycles. The zero-order chi connectivity index (χ0) is 8.53. The lowest BCUT2D eigenvalue weighted by molar-refractivity contribution is -0.143. The van der Waals surface area contributed by atoms with Crippen molar-refractivity contribution in [1.82, 2.24) is 0 Å². The molecule has 62 valence electrons. The molecule has 0 saturated carbocycles. The maximum absolute atomic E-state index is 10.7. The number of esters is 1. The van der Waals surface area contributed by atoms with Gasteiger partial charge in [0, 0.05) is 12.8 Å². The number of carbonyl (C=O) groups excluding carboxylic acids is 1. The molecule has 0 aliphatic rings. The van der Waals surface area contributed by atoms with E-state index in [0.29, 0.717) is 13.0 Å². The Labute approximate surface area is 67.9 Å². The van der Waals surface area contributed by atoms with E-state index in [9.17, 15) is 4.79 Å². The molecule has 0 aliphatic carbocycles. The van der Waals surface area contributed by atoms with Crippen LogP contribution in [0.5, 0.6) is 0 Å². The summed E-state index contributed by atoms with van der Waals surface area (Å²) in [5.41, 5.74) is 0. The van der Waals surface area contributed by atoms with Crippen molar-refractivity contribution in [2.24, 2.45) is 0 Å². The molecule has 0 aliphatic heterocycles. The van der Waals surface area contributed by atoms with Crippen molar-refractivity contribution in [1.29, 1.82) is 0 Å². The number of unbranched alkanes of at least 4 members (excludes halogenated alkanes) is 2. The van der Waals surface area contributed by atoms with Crippen molar-refractivity contribution in [3.63, 3.8) is 0 Å². The number of hydrogen-bond donors (Lipinski definition) is 0. The average Bonchev–Trinajstić information content (AvgIpc) is 1.99. The Kier molecular flexibility index (Phi) is 6.51. The minimum Gasteiger partial charge on any atom is -0.466 e. The van der Waals surface area contributed by atoms with Gasteiger partial charge in [0.25, 0.3) is 0 Å². The molecule has 0 unspecified atom stereocenters. The molecule has 0 heterocycles. The summed E-state index contributed by atoms with van der Waals surface area (Å²) in [6.45, 7) is 2.27. The van der Waals surface area contributed by atoms with E-state index in [2.05, 4.69) is 5.92 Å². The van der Waals surface area contributed by atoms with Gasteiger partial charge in [-0.2, -0.15) is 0 Å². The van der Waals surface area contributed by atoms with Crippen LogP contribution in [0, 0.1) is 12.3 Å². The van der Waals surface area contributed by atoms with E-state index in [0.717, 1.165) is 19.3 Å². The van der Waals surface area contributed by atoms with Crippen LogP contribution in [0.15, 0.2) is 0 Å². The summed E-state index contributed by atoms with van der Waals surface area (Å²) in [6, 6.07) is 0. The van der Waals surface area contributed by atoms with Crippen molar-refractivity contribution < 1.29 is 9.53 Å². The maximum Gasteiger partial charge on any atom is 0.305 e. The van der Waals surface area contributed by atoms with Crippen LogP contribution in [0.25, 0.3) is 0 Å². The Balaban J connectivity index is 3.12. The molecule has 0 radical (unpaired) electrons. The highest BCUT2D eigenvalue weighted by Crippen LogP contribution is 1.99. The van der Waals surface area contributed by atoms with Gasteiger partial charge in [0.1, 0.15) is 0 Å². The van der Waals surface area contributed by atoms with Gasteiger partial charge in [0.05, 0.1) is 6.61 Å². The predicted octanol–water partition coefficient (Wildman–Crippen LogP) is 1.74. The minimum atomic E-state index is -0.121. The number of rotatable bonds is 5. The van der Waals surface area contributed by atoms with Crippen LogP contribution in [-0.4, -0.2) is 12.6 Å². The topological polar surface area (TPSA) is 26.3 Å². The molecule has 0 atom stereocenters. The molecular formula is C9H14O2. The minimum absolute atomic E-state index is 0.121. The summed E-state index contributed by atoms with van der Waals surface area (Å²) in [6.07, 6.45) is 8.03. The lowest BCUT2D eigenvalue weighted by atomic mass is 10.2. The molecule has 0 spiro atoms. The Bertz CT molecular complexity index is 144. The summed E-state index contributed by atoms with van der Waals surface area (Å²) in [7, 11) is 0. The van der Waals surface area contributed by atoms with Gasteiger partial charge in [0.2, 0.25) is 0 Å². The van der Waals surface area contributed by atoms with E-state index in [4.69, 9.17) is 11.2 Å². The summed E-state index contributed by atoms with van der Waals surface area (Å²) in [5, 5.41) is 0. The van der Waals surface area contributed by atoms with Crippen LogP contribution < -0.4 is 0 Å². The number of carbonyl (C=O) groups is 1. The third-order valence-electron chi connectivity index (χ3n) is 1.26. The van der Waals surface area contributed by atoms with Crippen LogP contribution in [0.1, 0.15) is 32.6 Å². The van der Waals surface area contributed by atoms with E-state index in [-0.39, 0.29) is 5.97 Å². The normalized spacial score (nSPS) is 8.73. The fourth-order valence-electron chi connectivity index (χ4n) is 0.730. The summed E-state index contributed by atoms with van der Waals surface area (Å²) in [4.78, 5) is 10.7. The molecule has 0 aromatic carbocycles. The van der Waals surface area contributed by atoms with Crippen LogP contribution in [0.2, 0.25) is 0 Å².